The van der Waals surface area contributed by atoms with E-state index in [4.69, 9.17) is 9.47 Å². The summed E-state index contributed by atoms with van der Waals surface area (Å²) in [5.74, 6) is 0.431. The van der Waals surface area contributed by atoms with E-state index in [-0.39, 0.29) is 5.91 Å². The Kier molecular flexibility index (Phi) is 5.95. The maximum Gasteiger partial charge on any atom is 0.256 e. The van der Waals surface area contributed by atoms with Gasteiger partial charge in [-0.05, 0) is 40.2 Å². The highest BCUT2D eigenvalue weighted by Crippen LogP contribution is 2.21. The summed E-state index contributed by atoms with van der Waals surface area (Å²) in [6, 6.07) is 1.85. The lowest BCUT2D eigenvalue weighted by Gasteiger charge is -2.26. The van der Waals surface area contributed by atoms with Crippen LogP contribution in [0.15, 0.2) is 12.3 Å². The zero-order chi connectivity index (χ0) is 15.2. The summed E-state index contributed by atoms with van der Waals surface area (Å²) in [5.41, 5.74) is 0.718. The van der Waals surface area contributed by atoms with Crippen LogP contribution in [0, 0.1) is 6.92 Å². The fourth-order valence-corrected chi connectivity index (χ4v) is 1.83. The maximum absolute atomic E-state index is 12.3. The number of carbonyl (C=O) groups is 1. The molecule has 5 heteroatoms. The molecule has 5 nitrogen and oxygen atoms in total. The first-order chi connectivity index (χ1) is 9.46. The van der Waals surface area contributed by atoms with Crippen molar-refractivity contribution >= 4 is 11.6 Å². The number of aryl methyl sites for hydroxylation is 1. The lowest BCUT2D eigenvalue weighted by Crippen LogP contribution is -2.42. The van der Waals surface area contributed by atoms with Crippen molar-refractivity contribution in [1.29, 1.82) is 0 Å². The Morgan fingerprint density at radius 1 is 1.35 bits per heavy atom. The third-order valence-electron chi connectivity index (χ3n) is 3.19. The highest BCUT2D eigenvalue weighted by Gasteiger charge is 2.31. The van der Waals surface area contributed by atoms with Gasteiger partial charge in [-0.15, -0.1) is 0 Å². The molecule has 1 amide bonds. The normalized spacial score (nSPS) is 13.7. The Balaban J connectivity index is 2.82. The number of nitrogens with one attached hydrogen (secondary N) is 1. The number of rotatable bonds is 7. The first kappa shape index (κ1) is 16.4. The molecule has 0 saturated heterocycles. The van der Waals surface area contributed by atoms with Crippen LogP contribution in [0.2, 0.25) is 0 Å². The minimum absolute atomic E-state index is 0.160. The van der Waals surface area contributed by atoms with E-state index < -0.39 is 5.60 Å². The molecule has 0 unspecified atom stereocenters. The van der Waals surface area contributed by atoms with Gasteiger partial charge >= 0.3 is 0 Å². The molecule has 20 heavy (non-hydrogen) atoms. The van der Waals surface area contributed by atoms with Crippen LogP contribution < -0.4 is 10.1 Å². The van der Waals surface area contributed by atoms with Crippen LogP contribution in [0.4, 0.5) is 5.69 Å². The van der Waals surface area contributed by atoms with E-state index in [1.165, 1.54) is 0 Å². The molecular formula is C15H24N2O3. The van der Waals surface area contributed by atoms with Crippen molar-refractivity contribution in [1.82, 2.24) is 4.98 Å². The summed E-state index contributed by atoms with van der Waals surface area (Å²) in [6.45, 7) is 10.5. The molecule has 0 spiro atoms. The quantitative estimate of drug-likeness (QED) is 0.834. The third kappa shape index (κ3) is 3.93. The van der Waals surface area contributed by atoms with Crippen LogP contribution in [0.1, 0.15) is 39.7 Å². The Morgan fingerprint density at radius 2 is 2.05 bits per heavy atom. The number of carbonyl (C=O) groups excluding carboxylic acids is 1. The number of ether oxygens (including phenoxy) is 2. The number of hydrogen-bond acceptors (Lipinski definition) is 4. The van der Waals surface area contributed by atoms with Crippen LogP contribution in [0.25, 0.3) is 0 Å². The molecule has 0 bridgehead atoms. The summed E-state index contributed by atoms with van der Waals surface area (Å²) in [4.78, 5) is 16.5. The summed E-state index contributed by atoms with van der Waals surface area (Å²) in [7, 11) is 0. The summed E-state index contributed by atoms with van der Waals surface area (Å²) in [5, 5.41) is 2.85. The standard InChI is InChI=1S/C15H24N2O3/c1-6-15(5,20-8-3)14(18)17-12-9-11(4)13(16-10-12)19-7-2/h9-10H,6-8H2,1-5H3,(H,17,18)/t15-/m1/s1. The van der Waals surface area contributed by atoms with Gasteiger partial charge in [-0.2, -0.15) is 0 Å². The largest absolute Gasteiger partial charge is 0.478 e. The topological polar surface area (TPSA) is 60.5 Å². The number of aromatic nitrogens is 1. The number of pyridine rings is 1. The lowest BCUT2D eigenvalue weighted by atomic mass is 10.0. The average Bonchev–Trinajstić information content (AvgIpc) is 2.42. The molecule has 0 aliphatic rings. The predicted octanol–water partition coefficient (Wildman–Crippen LogP) is 2.93. The Morgan fingerprint density at radius 3 is 2.55 bits per heavy atom. The summed E-state index contributed by atoms with van der Waals surface area (Å²) >= 11 is 0. The second kappa shape index (κ2) is 7.24. The first-order valence-electron chi connectivity index (χ1n) is 7.01. The molecule has 1 rings (SSSR count). The molecular weight excluding hydrogens is 256 g/mol. The number of anilines is 1. The summed E-state index contributed by atoms with van der Waals surface area (Å²) in [6.07, 6.45) is 2.20. The number of amides is 1. The maximum atomic E-state index is 12.3. The first-order valence-corrected chi connectivity index (χ1v) is 7.01. The minimum Gasteiger partial charge on any atom is -0.478 e. The van der Waals surface area contributed by atoms with Crippen molar-refractivity contribution < 1.29 is 14.3 Å². The van der Waals surface area contributed by atoms with Gasteiger partial charge in [-0.25, -0.2) is 4.98 Å². The van der Waals surface area contributed by atoms with Crippen molar-refractivity contribution in [3.8, 4) is 5.88 Å². The van der Waals surface area contributed by atoms with Crippen LogP contribution >= 0.6 is 0 Å². The van der Waals surface area contributed by atoms with E-state index in [0.717, 1.165) is 5.56 Å². The monoisotopic (exact) mass is 280 g/mol. The Bertz CT molecular complexity index is 462. The molecule has 1 aromatic heterocycles. The van der Waals surface area contributed by atoms with E-state index >= 15 is 0 Å². The molecule has 0 aliphatic carbocycles. The minimum atomic E-state index is -0.818. The lowest BCUT2D eigenvalue weighted by molar-refractivity contribution is -0.139. The second-order valence-electron chi connectivity index (χ2n) is 4.75. The molecule has 1 heterocycles. The van der Waals surface area contributed by atoms with Crippen LogP contribution in [0.3, 0.4) is 0 Å². The highest BCUT2D eigenvalue weighted by atomic mass is 16.5. The van der Waals surface area contributed by atoms with E-state index in [2.05, 4.69) is 10.3 Å². The van der Waals surface area contributed by atoms with Crippen molar-refractivity contribution in [3.63, 3.8) is 0 Å². The van der Waals surface area contributed by atoms with Gasteiger partial charge in [0.05, 0.1) is 18.5 Å². The zero-order valence-electron chi connectivity index (χ0n) is 12.9. The van der Waals surface area contributed by atoms with Gasteiger partial charge in [0.1, 0.15) is 5.60 Å². The number of hydrogen-bond donors (Lipinski definition) is 1. The molecule has 1 aromatic rings. The fourth-order valence-electron chi connectivity index (χ4n) is 1.83. The Labute approximate surface area is 120 Å². The van der Waals surface area contributed by atoms with Crippen LogP contribution in [-0.2, 0) is 9.53 Å². The molecule has 0 fully saturated rings. The van der Waals surface area contributed by atoms with Gasteiger partial charge in [0.15, 0.2) is 0 Å². The van der Waals surface area contributed by atoms with E-state index in [0.29, 0.717) is 31.2 Å². The molecule has 112 valence electrons. The average molecular weight is 280 g/mol. The molecule has 0 aliphatic heterocycles. The predicted molar refractivity (Wildman–Crippen MR) is 79.1 cm³/mol. The smallest absolute Gasteiger partial charge is 0.256 e. The third-order valence-corrected chi connectivity index (χ3v) is 3.19. The number of nitrogens with zero attached hydrogens (tertiary/aromatic N) is 1. The second-order valence-corrected chi connectivity index (χ2v) is 4.75. The van der Waals surface area contributed by atoms with Gasteiger partial charge in [-0.3, -0.25) is 4.79 Å². The van der Waals surface area contributed by atoms with E-state index in [9.17, 15) is 4.79 Å². The van der Waals surface area contributed by atoms with Gasteiger partial charge in [0.25, 0.3) is 5.91 Å². The van der Waals surface area contributed by atoms with Crippen molar-refractivity contribution in [2.75, 3.05) is 18.5 Å². The molecule has 0 saturated carbocycles. The van der Waals surface area contributed by atoms with Crippen molar-refractivity contribution in [2.24, 2.45) is 0 Å². The Hall–Kier alpha value is -1.62. The fraction of sp³-hybridized carbons (Fsp3) is 0.600. The zero-order valence-corrected chi connectivity index (χ0v) is 12.9. The van der Waals surface area contributed by atoms with Gasteiger partial charge in [0, 0.05) is 12.2 Å². The van der Waals surface area contributed by atoms with Crippen LogP contribution in [-0.4, -0.2) is 29.7 Å². The SMILES string of the molecule is CCOc1ncc(NC(=O)[C@@](C)(CC)OCC)cc1C. The summed E-state index contributed by atoms with van der Waals surface area (Å²) < 4.78 is 10.9. The van der Waals surface area contributed by atoms with Crippen LogP contribution in [0.5, 0.6) is 5.88 Å². The van der Waals surface area contributed by atoms with Gasteiger partial charge in [0.2, 0.25) is 5.88 Å². The van der Waals surface area contributed by atoms with Crippen molar-refractivity contribution in [2.45, 2.75) is 46.6 Å². The van der Waals surface area contributed by atoms with E-state index in [1.807, 2.05) is 33.8 Å². The molecule has 0 radical (unpaired) electrons. The molecule has 1 N–H and O–H groups in total. The van der Waals surface area contributed by atoms with Gasteiger partial charge < -0.3 is 14.8 Å². The van der Waals surface area contributed by atoms with Gasteiger partial charge in [-0.1, -0.05) is 6.92 Å². The molecule has 1 atom stereocenters. The van der Waals surface area contributed by atoms with Crippen molar-refractivity contribution in [3.05, 3.63) is 17.8 Å². The highest BCUT2D eigenvalue weighted by molar-refractivity contribution is 5.97. The van der Waals surface area contributed by atoms with E-state index in [1.54, 1.807) is 13.1 Å². The molecule has 0 aromatic carbocycles.